The molecular weight excluding hydrogens is 488 g/mol. The lowest BCUT2D eigenvalue weighted by molar-refractivity contribution is -0.137. The summed E-state index contributed by atoms with van der Waals surface area (Å²) < 4.78 is 15.5. The smallest absolute Gasteiger partial charge is 0.303 e. The van der Waals surface area contributed by atoms with Crippen molar-refractivity contribution in [3.63, 3.8) is 0 Å². The third kappa shape index (κ3) is 30.5. The molecule has 0 aromatic rings. The molecule has 0 rings (SSSR count). The van der Waals surface area contributed by atoms with Crippen molar-refractivity contribution < 1.29 is 33.7 Å². The Kier molecular flexibility index (Phi) is 28.5. The van der Waals surface area contributed by atoms with Crippen molar-refractivity contribution in [3.8, 4) is 0 Å². The first-order valence-corrected chi connectivity index (χ1v) is 15.0. The molecule has 0 unspecified atom stereocenters. The van der Waals surface area contributed by atoms with Crippen LogP contribution in [0.1, 0.15) is 116 Å². The average molecular weight is 545 g/mol. The number of rotatable bonds is 30. The van der Waals surface area contributed by atoms with Gasteiger partial charge in [0.15, 0.2) is 0 Å². The first-order chi connectivity index (χ1) is 18.6. The van der Waals surface area contributed by atoms with Gasteiger partial charge in [-0.15, -0.1) is 0 Å². The van der Waals surface area contributed by atoms with E-state index < -0.39 is 5.97 Å². The van der Waals surface area contributed by atoms with Crippen LogP contribution in [-0.2, 0) is 28.6 Å². The topological polar surface area (TPSA) is 123 Å². The highest BCUT2D eigenvalue weighted by molar-refractivity contribution is 5.77. The number of carboxylic acids is 1. The van der Waals surface area contributed by atoms with Gasteiger partial charge in [0, 0.05) is 33.0 Å². The van der Waals surface area contributed by atoms with Gasteiger partial charge in [0.25, 0.3) is 0 Å². The lowest BCUT2D eigenvalue weighted by atomic mass is 10.0. The number of carbonyl (C=O) groups is 3. The number of methoxy groups -OCH3 is 1. The van der Waals surface area contributed by atoms with Crippen LogP contribution >= 0.6 is 0 Å². The number of nitrogens with one attached hydrogen (secondary N) is 2. The Hall–Kier alpha value is -1.71. The van der Waals surface area contributed by atoms with Crippen LogP contribution in [0.5, 0.6) is 0 Å². The third-order valence-corrected chi connectivity index (χ3v) is 6.35. The minimum absolute atomic E-state index is 0.00557. The summed E-state index contributed by atoms with van der Waals surface area (Å²) in [5.41, 5.74) is 0. The van der Waals surface area contributed by atoms with E-state index in [4.69, 9.17) is 19.3 Å². The Morgan fingerprint density at radius 3 is 1.45 bits per heavy atom. The van der Waals surface area contributed by atoms with Gasteiger partial charge in [-0.25, -0.2) is 0 Å². The molecule has 9 nitrogen and oxygen atoms in total. The van der Waals surface area contributed by atoms with E-state index in [0.29, 0.717) is 52.4 Å². The van der Waals surface area contributed by atoms with Crippen molar-refractivity contribution in [1.29, 1.82) is 0 Å². The van der Waals surface area contributed by atoms with Gasteiger partial charge in [-0.1, -0.05) is 89.9 Å². The van der Waals surface area contributed by atoms with Crippen molar-refractivity contribution in [2.75, 3.05) is 53.2 Å². The summed E-state index contributed by atoms with van der Waals surface area (Å²) >= 11 is 0. The maximum absolute atomic E-state index is 11.9. The predicted octanol–water partition coefficient (Wildman–Crippen LogP) is 5.00. The van der Waals surface area contributed by atoms with E-state index in [1.807, 2.05) is 0 Å². The lowest BCUT2D eigenvalue weighted by Crippen LogP contribution is -2.31. The first-order valence-electron chi connectivity index (χ1n) is 15.0. The Balaban J connectivity index is 3.20. The Labute approximate surface area is 231 Å². The molecule has 0 saturated carbocycles. The van der Waals surface area contributed by atoms with Crippen LogP contribution in [0.2, 0.25) is 0 Å². The Bertz CT molecular complexity index is 561. The molecule has 0 atom stereocenters. The number of aliphatic carboxylic acids is 1. The molecule has 0 aromatic carbocycles. The fourth-order valence-electron chi connectivity index (χ4n) is 4.12. The molecule has 0 bridgehead atoms. The third-order valence-electron chi connectivity index (χ3n) is 6.35. The molecule has 0 fully saturated rings. The number of amides is 2. The van der Waals surface area contributed by atoms with E-state index in [1.165, 1.54) is 77.0 Å². The van der Waals surface area contributed by atoms with Gasteiger partial charge in [-0.3, -0.25) is 14.4 Å². The van der Waals surface area contributed by atoms with Gasteiger partial charge < -0.3 is 30.0 Å². The molecule has 0 aromatic heterocycles. The average Bonchev–Trinajstić information content (AvgIpc) is 2.89. The molecule has 0 aliphatic rings. The van der Waals surface area contributed by atoms with Gasteiger partial charge in [0.1, 0.15) is 6.61 Å². The normalized spacial score (nSPS) is 11.0. The highest BCUT2D eigenvalue weighted by Gasteiger charge is 2.02. The summed E-state index contributed by atoms with van der Waals surface area (Å²) in [5.74, 6) is -0.772. The summed E-state index contributed by atoms with van der Waals surface area (Å²) in [6.45, 7) is 2.61. The van der Waals surface area contributed by atoms with Crippen LogP contribution in [0, 0.1) is 0 Å². The highest BCUT2D eigenvalue weighted by Crippen LogP contribution is 2.14. The molecule has 0 aliphatic heterocycles. The van der Waals surface area contributed by atoms with Crippen molar-refractivity contribution in [1.82, 2.24) is 10.6 Å². The summed E-state index contributed by atoms with van der Waals surface area (Å²) in [4.78, 5) is 33.7. The molecule has 2 amide bonds. The fraction of sp³-hybridized carbons (Fsp3) is 0.897. The van der Waals surface area contributed by atoms with Gasteiger partial charge in [-0.2, -0.15) is 0 Å². The van der Waals surface area contributed by atoms with Crippen molar-refractivity contribution >= 4 is 17.8 Å². The summed E-state index contributed by atoms with van der Waals surface area (Å²) in [6.07, 6.45) is 20.2. The van der Waals surface area contributed by atoms with Crippen LogP contribution in [0.15, 0.2) is 0 Å². The molecule has 3 N–H and O–H groups in total. The van der Waals surface area contributed by atoms with Gasteiger partial charge >= 0.3 is 5.97 Å². The molecule has 0 spiro atoms. The number of carbonyl (C=O) groups excluding carboxylic acids is 2. The zero-order valence-electron chi connectivity index (χ0n) is 24.1. The van der Waals surface area contributed by atoms with E-state index in [1.54, 1.807) is 7.11 Å². The maximum Gasteiger partial charge on any atom is 0.303 e. The van der Waals surface area contributed by atoms with Gasteiger partial charge in [0.2, 0.25) is 11.8 Å². The van der Waals surface area contributed by atoms with E-state index in [-0.39, 0.29) is 18.4 Å². The van der Waals surface area contributed by atoms with Crippen molar-refractivity contribution in [2.24, 2.45) is 0 Å². The second-order valence-electron chi connectivity index (χ2n) is 9.91. The minimum Gasteiger partial charge on any atom is -0.481 e. The SMILES string of the molecule is COCCNC(=O)COCCOCCNC(=O)CCCCCCCCCCCCCCCCCCC(=O)O. The lowest BCUT2D eigenvalue weighted by Gasteiger charge is -2.08. The number of hydrogen-bond donors (Lipinski definition) is 3. The molecule has 38 heavy (non-hydrogen) atoms. The molecule has 0 saturated heterocycles. The number of carboxylic acid groups (broad SMARTS) is 1. The minimum atomic E-state index is -0.678. The van der Waals surface area contributed by atoms with Crippen LogP contribution in [0.3, 0.4) is 0 Å². The number of hydrogen-bond acceptors (Lipinski definition) is 6. The van der Waals surface area contributed by atoms with Gasteiger partial charge in [-0.05, 0) is 12.8 Å². The molecule has 224 valence electrons. The molecule has 0 aliphatic carbocycles. The van der Waals surface area contributed by atoms with E-state index in [2.05, 4.69) is 10.6 Å². The Morgan fingerprint density at radius 1 is 0.526 bits per heavy atom. The summed E-state index contributed by atoms with van der Waals surface area (Å²) in [7, 11) is 1.58. The molecule has 9 heteroatoms. The van der Waals surface area contributed by atoms with Crippen LogP contribution in [0.25, 0.3) is 0 Å². The largest absolute Gasteiger partial charge is 0.481 e. The van der Waals surface area contributed by atoms with E-state index in [9.17, 15) is 14.4 Å². The van der Waals surface area contributed by atoms with Crippen LogP contribution in [-0.4, -0.2) is 76.1 Å². The van der Waals surface area contributed by atoms with E-state index in [0.717, 1.165) is 25.7 Å². The van der Waals surface area contributed by atoms with Crippen molar-refractivity contribution in [3.05, 3.63) is 0 Å². The molecule has 0 radical (unpaired) electrons. The summed E-state index contributed by atoms with van der Waals surface area (Å²) in [6, 6.07) is 0. The van der Waals surface area contributed by atoms with Crippen LogP contribution in [0.4, 0.5) is 0 Å². The first kappa shape index (κ1) is 36.3. The zero-order chi connectivity index (χ0) is 27.9. The quantitative estimate of drug-likeness (QED) is 0.109. The second kappa shape index (κ2) is 29.8. The van der Waals surface area contributed by atoms with E-state index >= 15 is 0 Å². The standard InChI is InChI=1S/C29H56N2O7/c1-36-22-20-31-28(33)26-38-25-24-37-23-21-30-27(32)18-16-14-12-10-8-6-4-2-3-5-7-9-11-13-15-17-19-29(34)35/h2-26H2,1H3,(H,30,32)(H,31,33)(H,34,35). The fourth-order valence-corrected chi connectivity index (χ4v) is 4.12. The van der Waals surface area contributed by atoms with Gasteiger partial charge in [0.05, 0.1) is 26.4 Å². The maximum atomic E-state index is 11.9. The number of ether oxygens (including phenoxy) is 3. The number of unbranched alkanes of at least 4 members (excludes halogenated alkanes) is 15. The second-order valence-corrected chi connectivity index (χ2v) is 9.91. The monoisotopic (exact) mass is 544 g/mol. The van der Waals surface area contributed by atoms with Crippen molar-refractivity contribution in [2.45, 2.75) is 116 Å². The van der Waals surface area contributed by atoms with Crippen LogP contribution < -0.4 is 10.6 Å². The summed E-state index contributed by atoms with van der Waals surface area (Å²) in [5, 5.41) is 14.2. The zero-order valence-corrected chi connectivity index (χ0v) is 24.1. The Morgan fingerprint density at radius 2 is 0.947 bits per heavy atom. The molecule has 0 heterocycles. The molecular formula is C29H56N2O7. The predicted molar refractivity (Wildman–Crippen MR) is 150 cm³/mol. The highest BCUT2D eigenvalue weighted by atomic mass is 16.5.